The molecule has 0 aliphatic carbocycles. The lowest BCUT2D eigenvalue weighted by Crippen LogP contribution is -2.16. The largest absolute Gasteiger partial charge is 0.465 e. The van der Waals surface area contributed by atoms with Gasteiger partial charge in [-0.2, -0.15) is 0 Å². The van der Waals surface area contributed by atoms with Gasteiger partial charge in [0.1, 0.15) is 0 Å². The van der Waals surface area contributed by atoms with Gasteiger partial charge in [-0.3, -0.25) is 9.78 Å². The van der Waals surface area contributed by atoms with Gasteiger partial charge in [0.05, 0.1) is 24.9 Å². The Morgan fingerprint density at radius 1 is 1.10 bits per heavy atom. The molecule has 1 unspecified atom stereocenters. The van der Waals surface area contributed by atoms with Gasteiger partial charge < -0.3 is 9.47 Å². The highest BCUT2D eigenvalue weighted by Crippen LogP contribution is 2.23. The minimum Gasteiger partial charge on any atom is -0.465 e. The third-order valence-electron chi connectivity index (χ3n) is 4.89. The molecule has 29 heavy (non-hydrogen) atoms. The van der Waals surface area contributed by atoms with Crippen LogP contribution in [0.4, 0.5) is 0 Å². The summed E-state index contributed by atoms with van der Waals surface area (Å²) in [6.07, 6.45) is 6.66. The Balaban J connectivity index is 1.37. The number of unbranched alkanes of at least 4 members (excludes halogenated alkanes) is 3. The van der Waals surface area contributed by atoms with E-state index in [0.717, 1.165) is 32.1 Å². The molecule has 0 saturated heterocycles. The molecule has 0 bridgehead atoms. The minimum atomic E-state index is -0.440. The summed E-state index contributed by atoms with van der Waals surface area (Å²) < 4.78 is 10.4. The predicted octanol–water partition coefficient (Wildman–Crippen LogP) is 4.10. The topological polar surface area (TPSA) is 77.9 Å². The molecule has 3 rings (SSSR count). The van der Waals surface area contributed by atoms with Gasteiger partial charge in [-0.15, -0.1) is 0 Å². The maximum Gasteiger partial charge on any atom is 0.337 e. The van der Waals surface area contributed by atoms with E-state index in [1.165, 1.54) is 18.9 Å². The zero-order valence-electron chi connectivity index (χ0n) is 16.7. The highest BCUT2D eigenvalue weighted by Gasteiger charge is 2.27. The number of Topliss-reactive ketones (excluding diaryl/α,β-unsaturated/α-hetero) is 1. The first kappa shape index (κ1) is 20.7. The van der Waals surface area contributed by atoms with Crippen molar-refractivity contribution in [2.24, 2.45) is 4.99 Å². The fourth-order valence-electron chi connectivity index (χ4n) is 3.27. The summed E-state index contributed by atoms with van der Waals surface area (Å²) in [5, 5.41) is 0. The third-order valence-corrected chi connectivity index (χ3v) is 4.89. The molecule has 2 aromatic rings. The normalized spacial score (nSPS) is 15.5. The first-order valence-electron chi connectivity index (χ1n) is 10.00. The molecular weight excluding hydrogens is 368 g/mol. The molecule has 0 N–H and O–H groups in total. The maximum absolute atomic E-state index is 12.3. The Labute approximate surface area is 171 Å². The average Bonchev–Trinajstić information content (AvgIpc) is 3.27. The van der Waals surface area contributed by atoms with Gasteiger partial charge in [0.15, 0.2) is 6.10 Å². The lowest BCUT2D eigenvalue weighted by atomic mass is 10.0. The second-order valence-corrected chi connectivity index (χ2v) is 7.04. The van der Waals surface area contributed by atoms with Crippen LogP contribution < -0.4 is 0 Å². The van der Waals surface area contributed by atoms with Crippen molar-refractivity contribution < 1.29 is 19.1 Å². The molecule has 1 aliphatic rings. The van der Waals surface area contributed by atoms with Gasteiger partial charge >= 0.3 is 5.97 Å². The molecule has 0 saturated carbocycles. The lowest BCUT2D eigenvalue weighted by molar-refractivity contribution is -0.114. The van der Waals surface area contributed by atoms with E-state index in [-0.39, 0.29) is 11.7 Å². The number of carbonyl (C=O) groups excluding carboxylic acids is 2. The molecular formula is C23H26N2O4. The summed E-state index contributed by atoms with van der Waals surface area (Å²) in [4.78, 5) is 32.5. The summed E-state index contributed by atoms with van der Waals surface area (Å²) >= 11 is 0. The Kier molecular flexibility index (Phi) is 7.50. The second kappa shape index (κ2) is 10.5. The first-order valence-corrected chi connectivity index (χ1v) is 10.00. The van der Waals surface area contributed by atoms with Crippen molar-refractivity contribution in [2.75, 3.05) is 13.7 Å². The van der Waals surface area contributed by atoms with E-state index < -0.39 is 12.1 Å². The van der Waals surface area contributed by atoms with E-state index in [1.807, 2.05) is 6.07 Å². The number of methoxy groups -OCH3 is 1. The fraction of sp³-hybridized carbons (Fsp3) is 0.391. The number of rotatable bonds is 10. The Morgan fingerprint density at radius 2 is 1.90 bits per heavy atom. The van der Waals surface area contributed by atoms with E-state index in [2.05, 4.69) is 34.2 Å². The van der Waals surface area contributed by atoms with E-state index in [4.69, 9.17) is 9.47 Å². The monoisotopic (exact) mass is 394 g/mol. The Bertz CT molecular complexity index is 864. The number of ketones is 1. The highest BCUT2D eigenvalue weighted by molar-refractivity contribution is 6.36. The molecule has 2 heterocycles. The molecule has 1 aliphatic heterocycles. The van der Waals surface area contributed by atoms with Crippen LogP contribution >= 0.6 is 0 Å². The number of hydrogen-bond acceptors (Lipinski definition) is 6. The molecule has 0 spiro atoms. The third kappa shape index (κ3) is 5.98. The number of aryl methyl sites for hydroxylation is 1. The van der Waals surface area contributed by atoms with E-state index in [9.17, 15) is 9.59 Å². The van der Waals surface area contributed by atoms with Gasteiger partial charge in [-0.05, 0) is 37.0 Å². The van der Waals surface area contributed by atoms with Crippen molar-refractivity contribution in [3.8, 4) is 0 Å². The summed E-state index contributed by atoms with van der Waals surface area (Å²) in [5.41, 5.74) is 2.32. The minimum absolute atomic E-state index is 0.0697. The van der Waals surface area contributed by atoms with Crippen molar-refractivity contribution in [3.63, 3.8) is 0 Å². The van der Waals surface area contributed by atoms with E-state index in [0.29, 0.717) is 24.2 Å². The molecule has 1 aromatic heterocycles. The highest BCUT2D eigenvalue weighted by atomic mass is 16.5. The summed E-state index contributed by atoms with van der Waals surface area (Å²) in [6, 6.07) is 13.6. The fourth-order valence-corrected chi connectivity index (χ4v) is 3.27. The SMILES string of the molecule is COC(=O)c1ccnc(C2CN=C(C(=O)CCCCCCc3ccccc3)O2)c1. The standard InChI is InChI=1S/C23H26N2O4/c1-28-23(27)18-13-14-24-19(15-18)21-16-25-22(29-21)20(26)12-8-3-2-5-9-17-10-6-4-7-11-17/h4,6-7,10-11,13-15,21H,2-3,5,8-9,12,16H2,1H3. The second-order valence-electron chi connectivity index (χ2n) is 7.04. The number of benzene rings is 1. The summed E-state index contributed by atoms with van der Waals surface area (Å²) in [5.74, 6) is -0.333. The smallest absolute Gasteiger partial charge is 0.337 e. The van der Waals surface area contributed by atoms with Crippen LogP contribution in [-0.4, -0.2) is 36.3 Å². The molecule has 6 nitrogen and oxygen atoms in total. The molecule has 152 valence electrons. The van der Waals surface area contributed by atoms with Gasteiger partial charge in [0.2, 0.25) is 5.78 Å². The summed E-state index contributed by atoms with van der Waals surface area (Å²) in [6.45, 7) is 0.329. The number of aliphatic imine (C=N–C) groups is 1. The van der Waals surface area contributed by atoms with Crippen molar-refractivity contribution in [2.45, 2.75) is 44.6 Å². The zero-order chi connectivity index (χ0) is 20.5. The van der Waals surface area contributed by atoms with Crippen LogP contribution in [0.3, 0.4) is 0 Å². The summed E-state index contributed by atoms with van der Waals surface area (Å²) in [7, 11) is 1.33. The Morgan fingerprint density at radius 3 is 2.69 bits per heavy atom. The molecule has 1 atom stereocenters. The zero-order valence-corrected chi connectivity index (χ0v) is 16.7. The number of aromatic nitrogens is 1. The Hall–Kier alpha value is -3.02. The quantitative estimate of drug-likeness (QED) is 0.448. The van der Waals surface area contributed by atoms with Gasteiger partial charge in [0, 0.05) is 12.6 Å². The predicted molar refractivity (Wildman–Crippen MR) is 110 cm³/mol. The van der Waals surface area contributed by atoms with Gasteiger partial charge in [0.25, 0.3) is 5.90 Å². The molecule has 0 radical (unpaired) electrons. The van der Waals surface area contributed by atoms with Crippen molar-refractivity contribution in [1.29, 1.82) is 0 Å². The van der Waals surface area contributed by atoms with Crippen LogP contribution in [0.15, 0.2) is 53.7 Å². The van der Waals surface area contributed by atoms with Crippen LogP contribution in [0.2, 0.25) is 0 Å². The number of esters is 1. The molecule has 0 amide bonds. The van der Waals surface area contributed by atoms with Crippen LogP contribution in [0.5, 0.6) is 0 Å². The number of pyridine rings is 1. The van der Waals surface area contributed by atoms with Crippen LogP contribution in [0.25, 0.3) is 0 Å². The van der Waals surface area contributed by atoms with Gasteiger partial charge in [-0.25, -0.2) is 9.79 Å². The lowest BCUT2D eigenvalue weighted by Gasteiger charge is -2.11. The number of carbonyl (C=O) groups is 2. The molecule has 1 aromatic carbocycles. The average molecular weight is 394 g/mol. The number of hydrogen-bond donors (Lipinski definition) is 0. The van der Waals surface area contributed by atoms with E-state index >= 15 is 0 Å². The first-order chi connectivity index (χ1) is 14.2. The van der Waals surface area contributed by atoms with Crippen molar-refractivity contribution >= 4 is 17.7 Å². The van der Waals surface area contributed by atoms with E-state index in [1.54, 1.807) is 12.1 Å². The number of ether oxygens (including phenoxy) is 2. The van der Waals surface area contributed by atoms with Crippen molar-refractivity contribution in [3.05, 3.63) is 65.5 Å². The van der Waals surface area contributed by atoms with Crippen LogP contribution in [0, 0.1) is 0 Å². The van der Waals surface area contributed by atoms with Gasteiger partial charge in [-0.1, -0.05) is 43.2 Å². The van der Waals surface area contributed by atoms with Crippen LogP contribution in [0.1, 0.15) is 59.8 Å². The van der Waals surface area contributed by atoms with Crippen molar-refractivity contribution in [1.82, 2.24) is 4.98 Å². The molecule has 0 fully saturated rings. The molecule has 6 heteroatoms. The maximum atomic E-state index is 12.3. The number of nitrogens with zero attached hydrogens (tertiary/aromatic N) is 2. The van der Waals surface area contributed by atoms with Crippen LogP contribution in [-0.2, 0) is 20.7 Å².